The molecule has 1 aliphatic rings. The first-order chi connectivity index (χ1) is 12.8. The predicted octanol–water partition coefficient (Wildman–Crippen LogP) is 4.12. The van der Waals surface area contributed by atoms with E-state index in [1.165, 1.54) is 12.1 Å². The minimum absolute atomic E-state index is 0.0104. The Morgan fingerprint density at radius 2 is 1.67 bits per heavy atom. The van der Waals surface area contributed by atoms with Gasteiger partial charge in [-0.3, -0.25) is 4.79 Å². The Kier molecular flexibility index (Phi) is 5.67. The van der Waals surface area contributed by atoms with Crippen molar-refractivity contribution in [1.82, 2.24) is 4.31 Å². The van der Waals surface area contributed by atoms with Gasteiger partial charge in [-0.1, -0.05) is 12.5 Å². The molecule has 1 fully saturated rings. The van der Waals surface area contributed by atoms with E-state index in [1.807, 2.05) is 39.0 Å². The molecule has 0 aromatic heterocycles. The number of sulfonamides is 1. The van der Waals surface area contributed by atoms with Crippen LogP contribution in [0.2, 0.25) is 0 Å². The second-order valence-electron chi connectivity index (χ2n) is 7.32. The van der Waals surface area contributed by atoms with Crippen molar-refractivity contribution in [3.8, 4) is 0 Å². The molecule has 1 unspecified atom stereocenters. The Morgan fingerprint density at radius 1 is 1.04 bits per heavy atom. The molecular weight excluding hydrogens is 360 g/mol. The van der Waals surface area contributed by atoms with Crippen molar-refractivity contribution in [3.63, 3.8) is 0 Å². The molecule has 0 radical (unpaired) electrons. The number of carbonyl (C=O) groups excluding carboxylic acids is 1. The van der Waals surface area contributed by atoms with Gasteiger partial charge in [-0.15, -0.1) is 0 Å². The van der Waals surface area contributed by atoms with Crippen LogP contribution in [0.15, 0.2) is 47.4 Å². The van der Waals surface area contributed by atoms with E-state index in [0.717, 1.165) is 36.1 Å². The van der Waals surface area contributed by atoms with Gasteiger partial charge in [-0.2, -0.15) is 4.31 Å². The van der Waals surface area contributed by atoms with Crippen molar-refractivity contribution in [2.24, 2.45) is 0 Å². The van der Waals surface area contributed by atoms with E-state index in [9.17, 15) is 13.2 Å². The van der Waals surface area contributed by atoms with Gasteiger partial charge in [0, 0.05) is 23.8 Å². The molecule has 1 aliphatic heterocycles. The highest BCUT2D eigenvalue weighted by Gasteiger charge is 2.30. The Balaban J connectivity index is 1.77. The number of nitrogens with one attached hydrogen (secondary N) is 1. The average molecular weight is 387 g/mol. The summed E-state index contributed by atoms with van der Waals surface area (Å²) >= 11 is 0. The third-order valence-corrected chi connectivity index (χ3v) is 6.97. The average Bonchev–Trinajstić information content (AvgIpc) is 2.61. The number of rotatable bonds is 4. The Labute approximate surface area is 161 Å². The Bertz CT molecular complexity index is 916. The number of amides is 1. The second-order valence-corrected chi connectivity index (χ2v) is 9.21. The van der Waals surface area contributed by atoms with Gasteiger partial charge in [-0.25, -0.2) is 8.42 Å². The van der Waals surface area contributed by atoms with E-state index in [4.69, 9.17) is 0 Å². The summed E-state index contributed by atoms with van der Waals surface area (Å²) in [6.45, 7) is 6.45. The van der Waals surface area contributed by atoms with Crippen LogP contribution in [0.3, 0.4) is 0 Å². The maximum Gasteiger partial charge on any atom is 0.255 e. The van der Waals surface area contributed by atoms with E-state index in [2.05, 4.69) is 5.32 Å². The van der Waals surface area contributed by atoms with Crippen molar-refractivity contribution in [2.45, 2.75) is 51.0 Å². The summed E-state index contributed by atoms with van der Waals surface area (Å²) in [5, 5.41) is 2.87. The van der Waals surface area contributed by atoms with E-state index in [0.29, 0.717) is 12.1 Å². The molecular formula is C21H26N2O3S. The molecule has 27 heavy (non-hydrogen) atoms. The van der Waals surface area contributed by atoms with Crippen molar-refractivity contribution in [3.05, 3.63) is 59.2 Å². The predicted molar refractivity (Wildman–Crippen MR) is 108 cm³/mol. The van der Waals surface area contributed by atoms with E-state index >= 15 is 0 Å². The summed E-state index contributed by atoms with van der Waals surface area (Å²) in [5.41, 5.74) is 3.31. The molecule has 1 saturated heterocycles. The highest BCUT2D eigenvalue weighted by molar-refractivity contribution is 7.89. The number of hydrogen-bond donors (Lipinski definition) is 1. The van der Waals surface area contributed by atoms with Crippen LogP contribution in [0.1, 0.15) is 47.7 Å². The summed E-state index contributed by atoms with van der Waals surface area (Å²) in [5.74, 6) is -0.254. The fourth-order valence-corrected chi connectivity index (χ4v) is 5.29. The molecule has 2 aromatic carbocycles. The van der Waals surface area contributed by atoms with Gasteiger partial charge in [0.1, 0.15) is 0 Å². The van der Waals surface area contributed by atoms with E-state index in [-0.39, 0.29) is 16.8 Å². The third kappa shape index (κ3) is 4.39. The van der Waals surface area contributed by atoms with Crippen LogP contribution in [-0.2, 0) is 10.0 Å². The number of carbonyl (C=O) groups is 1. The van der Waals surface area contributed by atoms with Gasteiger partial charge in [0.15, 0.2) is 0 Å². The van der Waals surface area contributed by atoms with E-state index in [1.54, 1.807) is 16.4 Å². The molecule has 0 aliphatic carbocycles. The van der Waals surface area contributed by atoms with Gasteiger partial charge in [0.2, 0.25) is 10.0 Å². The topological polar surface area (TPSA) is 66.5 Å². The first-order valence-corrected chi connectivity index (χ1v) is 10.7. The molecule has 6 heteroatoms. The Morgan fingerprint density at radius 3 is 2.26 bits per heavy atom. The molecule has 5 nitrogen and oxygen atoms in total. The molecule has 0 saturated carbocycles. The highest BCUT2D eigenvalue weighted by atomic mass is 32.2. The molecule has 1 atom stereocenters. The number of benzene rings is 2. The summed E-state index contributed by atoms with van der Waals surface area (Å²) in [6.07, 6.45) is 2.83. The number of piperidine rings is 1. The van der Waals surface area contributed by atoms with Gasteiger partial charge in [0.25, 0.3) is 5.91 Å². The first kappa shape index (κ1) is 19.6. The van der Waals surface area contributed by atoms with Crippen molar-refractivity contribution in [1.29, 1.82) is 0 Å². The third-order valence-electron chi connectivity index (χ3n) is 4.94. The zero-order chi connectivity index (χ0) is 19.6. The summed E-state index contributed by atoms with van der Waals surface area (Å²) < 4.78 is 27.3. The van der Waals surface area contributed by atoms with Crippen LogP contribution in [-0.4, -0.2) is 31.2 Å². The largest absolute Gasteiger partial charge is 0.322 e. The van der Waals surface area contributed by atoms with Gasteiger partial charge >= 0.3 is 0 Å². The quantitative estimate of drug-likeness (QED) is 0.859. The fourth-order valence-electron chi connectivity index (χ4n) is 3.59. The Hall–Kier alpha value is -2.18. The molecule has 1 N–H and O–H groups in total. The monoisotopic (exact) mass is 386 g/mol. The van der Waals surface area contributed by atoms with Crippen LogP contribution in [0.25, 0.3) is 0 Å². The van der Waals surface area contributed by atoms with Crippen LogP contribution >= 0.6 is 0 Å². The molecule has 1 heterocycles. The number of anilines is 1. The molecule has 2 aromatic rings. The molecule has 3 rings (SSSR count). The number of nitrogens with zero attached hydrogens (tertiary/aromatic N) is 1. The lowest BCUT2D eigenvalue weighted by Gasteiger charge is -2.32. The van der Waals surface area contributed by atoms with Gasteiger partial charge in [0.05, 0.1) is 4.90 Å². The molecule has 1 amide bonds. The lowest BCUT2D eigenvalue weighted by Crippen LogP contribution is -2.41. The van der Waals surface area contributed by atoms with Gasteiger partial charge in [-0.05, 0) is 81.1 Å². The van der Waals surface area contributed by atoms with Crippen LogP contribution in [0.5, 0.6) is 0 Å². The van der Waals surface area contributed by atoms with Crippen LogP contribution in [0.4, 0.5) is 5.69 Å². The standard InChI is InChI=1S/C21H26N2O3S/c1-15-12-16(2)14-19(13-15)22-21(24)18-7-9-20(10-8-18)27(25,26)23-11-5-4-6-17(23)3/h7-10,12-14,17H,4-6,11H2,1-3H3,(H,22,24). The summed E-state index contributed by atoms with van der Waals surface area (Å²) in [6, 6.07) is 12.0. The molecule has 0 bridgehead atoms. The minimum atomic E-state index is -3.52. The normalized spacial score (nSPS) is 18.3. The smallest absolute Gasteiger partial charge is 0.255 e. The molecule has 144 valence electrons. The maximum absolute atomic E-state index is 12.9. The maximum atomic E-state index is 12.9. The van der Waals surface area contributed by atoms with Crippen molar-refractivity contribution < 1.29 is 13.2 Å². The van der Waals surface area contributed by atoms with E-state index < -0.39 is 10.0 Å². The number of hydrogen-bond acceptors (Lipinski definition) is 3. The zero-order valence-corrected chi connectivity index (χ0v) is 16.8. The first-order valence-electron chi connectivity index (χ1n) is 9.29. The van der Waals surface area contributed by atoms with Crippen LogP contribution < -0.4 is 5.32 Å². The lowest BCUT2D eigenvalue weighted by molar-refractivity contribution is 0.102. The van der Waals surface area contributed by atoms with Crippen molar-refractivity contribution in [2.75, 3.05) is 11.9 Å². The lowest BCUT2D eigenvalue weighted by atomic mass is 10.1. The van der Waals surface area contributed by atoms with Gasteiger partial charge < -0.3 is 5.32 Å². The zero-order valence-electron chi connectivity index (χ0n) is 16.0. The fraction of sp³-hybridized carbons (Fsp3) is 0.381. The highest BCUT2D eigenvalue weighted by Crippen LogP contribution is 2.25. The van der Waals surface area contributed by atoms with Crippen molar-refractivity contribution >= 4 is 21.6 Å². The SMILES string of the molecule is Cc1cc(C)cc(NC(=O)c2ccc(S(=O)(=O)N3CCCCC3C)cc2)c1. The molecule has 0 spiro atoms. The number of aryl methyl sites for hydroxylation is 2. The minimum Gasteiger partial charge on any atom is -0.322 e. The summed E-state index contributed by atoms with van der Waals surface area (Å²) in [4.78, 5) is 12.7. The second kappa shape index (κ2) is 7.82. The van der Waals surface area contributed by atoms with Crippen LogP contribution in [0, 0.1) is 13.8 Å². The summed E-state index contributed by atoms with van der Waals surface area (Å²) in [7, 11) is -3.52.